The molecule has 1 rings (SSSR count). The molecule has 108 valence electrons. The summed E-state index contributed by atoms with van der Waals surface area (Å²) in [5, 5.41) is 4.33. The van der Waals surface area contributed by atoms with Crippen molar-refractivity contribution in [2.24, 2.45) is 5.14 Å². The maximum absolute atomic E-state index is 11.3. The quantitative estimate of drug-likeness (QED) is 0.657. The first-order valence-corrected chi connectivity index (χ1v) is 7.37. The molecule has 0 aliphatic carbocycles. The summed E-state index contributed by atoms with van der Waals surface area (Å²) in [6.45, 7) is 5.43. The molecule has 0 atom stereocenters. The highest BCUT2D eigenvalue weighted by Crippen LogP contribution is 2.09. The molecule has 0 fully saturated rings. The van der Waals surface area contributed by atoms with E-state index in [1.165, 1.54) is 0 Å². The maximum atomic E-state index is 11.3. The van der Waals surface area contributed by atoms with Crippen molar-refractivity contribution in [1.29, 1.82) is 0 Å². The Morgan fingerprint density at radius 1 is 1.16 bits per heavy atom. The van der Waals surface area contributed by atoms with Crippen molar-refractivity contribution in [2.45, 2.75) is 26.4 Å². The van der Waals surface area contributed by atoms with E-state index in [1.807, 2.05) is 26.8 Å². The van der Waals surface area contributed by atoms with Crippen LogP contribution in [0.25, 0.3) is 0 Å². The number of sulfonamides is 1. The largest absolute Gasteiger partial charge is 0.373 e. The smallest absolute Gasteiger partial charge is 0.292 e. The van der Waals surface area contributed by atoms with Crippen molar-refractivity contribution in [3.63, 3.8) is 0 Å². The minimum atomic E-state index is -3.17. The molecular formula is C12H19NO5S. The van der Waals surface area contributed by atoms with Crippen LogP contribution in [0, 0.1) is 0 Å². The minimum Gasteiger partial charge on any atom is -0.292 e. The number of hydrogen-bond donors (Lipinski definition) is 1. The standard InChI is InChI=1S/C11H14O3.CH5NO2S/c1-11(2,3)14-13-10(12)9-7-5-4-6-8-9;1-5(2,3)4/h4-8H,1-3H3;1H3,(H2,2,3,4). The Labute approximate surface area is 113 Å². The SMILES string of the molecule is CC(C)(C)OOC(=O)c1ccccc1.CS(N)(=O)=O. The molecule has 0 aromatic heterocycles. The van der Waals surface area contributed by atoms with Gasteiger partial charge < -0.3 is 0 Å². The fourth-order valence-electron chi connectivity index (χ4n) is 0.785. The zero-order valence-corrected chi connectivity index (χ0v) is 12.2. The molecule has 1 aromatic rings. The lowest BCUT2D eigenvalue weighted by Crippen LogP contribution is -2.21. The van der Waals surface area contributed by atoms with Crippen LogP contribution in [-0.4, -0.2) is 26.2 Å². The lowest BCUT2D eigenvalue weighted by atomic mass is 10.2. The second-order valence-corrected chi connectivity index (χ2v) is 6.42. The molecule has 0 saturated carbocycles. The van der Waals surface area contributed by atoms with Crippen LogP contribution in [0.3, 0.4) is 0 Å². The number of rotatable bonds is 2. The number of carbonyl (C=O) groups is 1. The lowest BCUT2D eigenvalue weighted by molar-refractivity contribution is -0.301. The van der Waals surface area contributed by atoms with Gasteiger partial charge in [-0.3, -0.25) is 4.89 Å². The molecule has 0 aliphatic rings. The van der Waals surface area contributed by atoms with E-state index in [0.717, 1.165) is 6.26 Å². The average molecular weight is 289 g/mol. The first kappa shape index (κ1) is 17.6. The first-order chi connectivity index (χ1) is 8.49. The van der Waals surface area contributed by atoms with Crippen LogP contribution in [-0.2, 0) is 19.8 Å². The Kier molecular flexibility index (Phi) is 6.68. The average Bonchev–Trinajstić information content (AvgIpc) is 2.24. The third kappa shape index (κ3) is 12.8. The molecule has 7 heteroatoms. The molecule has 0 bridgehead atoms. The predicted molar refractivity (Wildman–Crippen MR) is 71.7 cm³/mol. The highest BCUT2D eigenvalue weighted by Gasteiger charge is 2.15. The number of carbonyl (C=O) groups excluding carboxylic acids is 1. The fraction of sp³-hybridized carbons (Fsp3) is 0.417. The van der Waals surface area contributed by atoms with Crippen molar-refractivity contribution >= 4 is 16.0 Å². The first-order valence-electron chi connectivity index (χ1n) is 5.42. The molecule has 0 saturated heterocycles. The predicted octanol–water partition coefficient (Wildman–Crippen LogP) is 1.48. The molecule has 0 radical (unpaired) electrons. The Morgan fingerprint density at radius 2 is 1.58 bits per heavy atom. The van der Waals surface area contributed by atoms with Gasteiger partial charge in [0.15, 0.2) is 0 Å². The van der Waals surface area contributed by atoms with Gasteiger partial charge >= 0.3 is 5.97 Å². The normalized spacial score (nSPS) is 11.2. The highest BCUT2D eigenvalue weighted by molar-refractivity contribution is 7.88. The zero-order chi connectivity index (χ0) is 15.1. The van der Waals surface area contributed by atoms with Crippen LogP contribution in [0.4, 0.5) is 0 Å². The summed E-state index contributed by atoms with van der Waals surface area (Å²) in [6, 6.07) is 8.73. The van der Waals surface area contributed by atoms with Gasteiger partial charge in [-0.05, 0) is 32.9 Å². The van der Waals surface area contributed by atoms with Gasteiger partial charge in [0.2, 0.25) is 10.0 Å². The molecule has 19 heavy (non-hydrogen) atoms. The van der Waals surface area contributed by atoms with Crippen LogP contribution < -0.4 is 5.14 Å². The Hall–Kier alpha value is -1.44. The van der Waals surface area contributed by atoms with E-state index in [2.05, 4.69) is 10.0 Å². The van der Waals surface area contributed by atoms with E-state index in [9.17, 15) is 13.2 Å². The fourth-order valence-corrected chi connectivity index (χ4v) is 0.785. The third-order valence-corrected chi connectivity index (χ3v) is 1.38. The summed E-state index contributed by atoms with van der Waals surface area (Å²) >= 11 is 0. The van der Waals surface area contributed by atoms with E-state index in [4.69, 9.17) is 4.89 Å². The summed E-state index contributed by atoms with van der Waals surface area (Å²) in [7, 11) is -3.17. The number of hydrogen-bond acceptors (Lipinski definition) is 5. The van der Waals surface area contributed by atoms with E-state index in [0.29, 0.717) is 5.56 Å². The van der Waals surface area contributed by atoms with E-state index < -0.39 is 21.6 Å². The molecular weight excluding hydrogens is 270 g/mol. The Morgan fingerprint density at radius 3 is 1.95 bits per heavy atom. The minimum absolute atomic E-state index is 0.472. The monoisotopic (exact) mass is 289 g/mol. The lowest BCUT2D eigenvalue weighted by Gasteiger charge is -2.16. The number of benzene rings is 1. The number of nitrogens with two attached hydrogens (primary N) is 1. The van der Waals surface area contributed by atoms with Gasteiger partial charge in [0.25, 0.3) is 0 Å². The molecule has 0 amide bonds. The highest BCUT2D eigenvalue weighted by atomic mass is 32.2. The molecule has 0 spiro atoms. The van der Waals surface area contributed by atoms with Gasteiger partial charge in [-0.1, -0.05) is 18.2 Å². The summed E-state index contributed by atoms with van der Waals surface area (Å²) in [5.74, 6) is -0.472. The second-order valence-electron chi connectivity index (χ2n) is 4.76. The zero-order valence-electron chi connectivity index (χ0n) is 11.4. The van der Waals surface area contributed by atoms with Crippen molar-refractivity contribution in [1.82, 2.24) is 0 Å². The third-order valence-electron chi connectivity index (χ3n) is 1.38. The summed E-state index contributed by atoms with van der Waals surface area (Å²) in [6.07, 6.45) is 0.938. The van der Waals surface area contributed by atoms with E-state index in [1.54, 1.807) is 24.3 Å². The van der Waals surface area contributed by atoms with Crippen LogP contribution >= 0.6 is 0 Å². The van der Waals surface area contributed by atoms with Crippen LogP contribution in [0.2, 0.25) is 0 Å². The summed E-state index contributed by atoms with van der Waals surface area (Å²) in [4.78, 5) is 20.9. The molecule has 2 N–H and O–H groups in total. The van der Waals surface area contributed by atoms with E-state index in [-0.39, 0.29) is 0 Å². The van der Waals surface area contributed by atoms with Crippen molar-refractivity contribution in [2.75, 3.05) is 6.26 Å². The number of primary sulfonamides is 1. The molecule has 0 aliphatic heterocycles. The summed E-state index contributed by atoms with van der Waals surface area (Å²) in [5.41, 5.74) is 0.00140. The van der Waals surface area contributed by atoms with E-state index >= 15 is 0 Å². The summed E-state index contributed by atoms with van der Waals surface area (Å²) < 4.78 is 18.8. The maximum Gasteiger partial charge on any atom is 0.373 e. The molecule has 6 nitrogen and oxygen atoms in total. The van der Waals surface area contributed by atoms with Crippen molar-refractivity contribution in [3.05, 3.63) is 35.9 Å². The molecule has 0 heterocycles. The second kappa shape index (κ2) is 7.22. The molecule has 1 aromatic carbocycles. The van der Waals surface area contributed by atoms with Gasteiger partial charge in [-0.25, -0.2) is 18.4 Å². The Balaban J connectivity index is 0.000000555. The van der Waals surface area contributed by atoms with Gasteiger partial charge in [-0.2, -0.15) is 4.89 Å². The van der Waals surface area contributed by atoms with Gasteiger partial charge in [-0.15, -0.1) is 0 Å². The van der Waals surface area contributed by atoms with Crippen LogP contribution in [0.1, 0.15) is 31.1 Å². The van der Waals surface area contributed by atoms with Gasteiger partial charge in [0, 0.05) is 0 Å². The molecule has 0 unspecified atom stereocenters. The van der Waals surface area contributed by atoms with Crippen molar-refractivity contribution in [3.8, 4) is 0 Å². The van der Waals surface area contributed by atoms with Crippen LogP contribution in [0.15, 0.2) is 30.3 Å². The van der Waals surface area contributed by atoms with Crippen molar-refractivity contribution < 1.29 is 23.0 Å². The topological polar surface area (TPSA) is 95.7 Å². The van der Waals surface area contributed by atoms with Gasteiger partial charge in [0.05, 0.1) is 11.8 Å². The van der Waals surface area contributed by atoms with Crippen LogP contribution in [0.5, 0.6) is 0 Å². The van der Waals surface area contributed by atoms with Gasteiger partial charge in [0.1, 0.15) is 5.60 Å². The Bertz CT molecular complexity index is 483.